The second-order valence-corrected chi connectivity index (χ2v) is 13.9. The van der Waals surface area contributed by atoms with E-state index in [2.05, 4.69) is 27.5 Å². The summed E-state index contributed by atoms with van der Waals surface area (Å²) in [5.74, 6) is -0.154. The third-order valence-electron chi connectivity index (χ3n) is 10.1. The SMILES string of the molecule is CN1CCC(N2CCN(C(=O)[C@@H](Cc3ccc(Cl)c(Cl)c3)OC(=O)N3CCC(C4NCc5ccccc5NC4=O)CC3)CC2)CC1. The van der Waals surface area contributed by atoms with Crippen LogP contribution in [0.5, 0.6) is 0 Å². The summed E-state index contributed by atoms with van der Waals surface area (Å²) in [7, 11) is 2.16. The molecular formula is C34H44Cl2N6O4. The van der Waals surface area contributed by atoms with E-state index in [0.29, 0.717) is 61.7 Å². The van der Waals surface area contributed by atoms with Crippen molar-refractivity contribution in [2.75, 3.05) is 64.7 Å². The predicted molar refractivity (Wildman–Crippen MR) is 179 cm³/mol. The van der Waals surface area contributed by atoms with Gasteiger partial charge in [0.2, 0.25) is 5.91 Å². The van der Waals surface area contributed by atoms with Gasteiger partial charge in [-0.25, -0.2) is 4.79 Å². The molecule has 12 heteroatoms. The van der Waals surface area contributed by atoms with Crippen LogP contribution in [0.15, 0.2) is 42.5 Å². The van der Waals surface area contributed by atoms with Crippen molar-refractivity contribution in [3.8, 4) is 0 Å². The maximum Gasteiger partial charge on any atom is 0.410 e. The van der Waals surface area contributed by atoms with Crippen LogP contribution in [0.2, 0.25) is 10.0 Å². The van der Waals surface area contributed by atoms with Crippen molar-refractivity contribution in [1.29, 1.82) is 0 Å². The fourth-order valence-electron chi connectivity index (χ4n) is 7.24. The minimum absolute atomic E-state index is 0.0471. The number of carbonyl (C=O) groups excluding carboxylic acids is 3. The van der Waals surface area contributed by atoms with E-state index in [1.807, 2.05) is 35.2 Å². The molecule has 4 aliphatic heterocycles. The number of likely N-dealkylation sites (tertiary alicyclic amines) is 2. The van der Waals surface area contributed by atoms with Crippen LogP contribution < -0.4 is 10.6 Å². The summed E-state index contributed by atoms with van der Waals surface area (Å²) in [5.41, 5.74) is 2.67. The van der Waals surface area contributed by atoms with Crippen molar-refractivity contribution in [2.24, 2.45) is 5.92 Å². The van der Waals surface area contributed by atoms with Crippen LogP contribution in [-0.2, 0) is 27.3 Å². The second-order valence-electron chi connectivity index (χ2n) is 13.1. The molecule has 4 heterocycles. The lowest BCUT2D eigenvalue weighted by Gasteiger charge is -2.42. The molecule has 4 aliphatic rings. The maximum atomic E-state index is 13.9. The van der Waals surface area contributed by atoms with Crippen LogP contribution in [0.25, 0.3) is 0 Å². The van der Waals surface area contributed by atoms with Gasteiger partial charge in [0.25, 0.3) is 5.91 Å². The number of rotatable bonds is 6. The van der Waals surface area contributed by atoms with Crippen molar-refractivity contribution in [1.82, 2.24) is 24.9 Å². The Morgan fingerprint density at radius 1 is 0.891 bits per heavy atom. The Bertz CT molecular complexity index is 1400. The molecule has 3 fully saturated rings. The lowest BCUT2D eigenvalue weighted by molar-refractivity contribution is -0.143. The Balaban J connectivity index is 1.07. The van der Waals surface area contributed by atoms with Gasteiger partial charge in [0.1, 0.15) is 0 Å². The highest BCUT2D eigenvalue weighted by Crippen LogP contribution is 2.28. The second kappa shape index (κ2) is 14.9. The summed E-state index contributed by atoms with van der Waals surface area (Å²) in [4.78, 5) is 48.9. The first kappa shape index (κ1) is 33.0. The van der Waals surface area contributed by atoms with Crippen LogP contribution in [0.3, 0.4) is 0 Å². The average Bonchev–Trinajstić information content (AvgIpc) is 3.24. The summed E-state index contributed by atoms with van der Waals surface area (Å²) < 4.78 is 6.00. The van der Waals surface area contributed by atoms with E-state index in [4.69, 9.17) is 27.9 Å². The van der Waals surface area contributed by atoms with Crippen LogP contribution in [0.4, 0.5) is 10.5 Å². The van der Waals surface area contributed by atoms with E-state index < -0.39 is 12.2 Å². The van der Waals surface area contributed by atoms with Gasteiger partial charge in [-0.3, -0.25) is 14.5 Å². The third-order valence-corrected chi connectivity index (χ3v) is 10.8. The summed E-state index contributed by atoms with van der Waals surface area (Å²) in [6, 6.07) is 13.3. The van der Waals surface area contributed by atoms with Crippen LogP contribution in [0.1, 0.15) is 36.8 Å². The van der Waals surface area contributed by atoms with E-state index in [1.54, 1.807) is 17.0 Å². The zero-order valence-electron chi connectivity index (χ0n) is 26.4. The van der Waals surface area contributed by atoms with E-state index in [0.717, 1.165) is 55.8 Å². The number of ether oxygens (including phenoxy) is 1. The minimum Gasteiger partial charge on any atom is -0.436 e. The molecule has 2 aromatic carbocycles. The quantitative estimate of drug-likeness (QED) is 0.478. The molecule has 10 nitrogen and oxygen atoms in total. The zero-order valence-corrected chi connectivity index (χ0v) is 27.9. The highest BCUT2D eigenvalue weighted by Gasteiger charge is 2.37. The van der Waals surface area contributed by atoms with E-state index >= 15 is 0 Å². The van der Waals surface area contributed by atoms with Crippen molar-refractivity contribution in [3.05, 3.63) is 63.6 Å². The van der Waals surface area contributed by atoms with Crippen molar-refractivity contribution < 1.29 is 19.1 Å². The standard InChI is InChI=1S/C34H44Cl2N6O4/c1-39-12-10-26(11-13-39)40-16-18-41(19-17-40)33(44)30(21-23-6-7-27(35)28(36)20-23)46-34(45)42-14-8-24(9-15-42)31-32(43)38-29-5-3-2-4-25(29)22-37-31/h2-7,20,24,26,30-31,37H,8-19,21-22H2,1H3,(H,38,43)/t30-,31?/m1/s1. The molecule has 2 N–H and O–H groups in total. The van der Waals surface area contributed by atoms with Crippen molar-refractivity contribution >= 4 is 46.8 Å². The number of piperazine rings is 1. The fourth-order valence-corrected chi connectivity index (χ4v) is 7.56. The molecule has 0 aliphatic carbocycles. The summed E-state index contributed by atoms with van der Waals surface area (Å²) in [6.07, 6.45) is 2.32. The molecule has 3 amide bonds. The molecule has 6 rings (SSSR count). The topological polar surface area (TPSA) is 97.5 Å². The monoisotopic (exact) mass is 670 g/mol. The zero-order chi connectivity index (χ0) is 32.2. The number of hydrogen-bond acceptors (Lipinski definition) is 7. The van der Waals surface area contributed by atoms with Gasteiger partial charge in [0.15, 0.2) is 6.10 Å². The number of para-hydroxylation sites is 1. The number of nitrogens with zero attached hydrogens (tertiary/aromatic N) is 4. The first-order valence-corrected chi connectivity index (χ1v) is 17.2. The average molecular weight is 672 g/mol. The number of fused-ring (bicyclic) bond motifs is 1. The largest absolute Gasteiger partial charge is 0.436 e. The molecule has 46 heavy (non-hydrogen) atoms. The van der Waals surface area contributed by atoms with E-state index in [1.165, 1.54) is 0 Å². The normalized spacial score (nSPS) is 22.9. The molecular weight excluding hydrogens is 627 g/mol. The third kappa shape index (κ3) is 7.80. The number of benzene rings is 2. The first-order chi connectivity index (χ1) is 22.2. The van der Waals surface area contributed by atoms with Crippen LogP contribution >= 0.6 is 23.2 Å². The molecule has 0 saturated carbocycles. The number of piperidine rings is 2. The Kier molecular flexibility index (Phi) is 10.7. The summed E-state index contributed by atoms with van der Waals surface area (Å²) in [6.45, 7) is 6.54. The van der Waals surface area contributed by atoms with Gasteiger partial charge >= 0.3 is 6.09 Å². The highest BCUT2D eigenvalue weighted by molar-refractivity contribution is 6.42. The Morgan fingerprint density at radius 3 is 2.33 bits per heavy atom. The van der Waals surface area contributed by atoms with Gasteiger partial charge in [-0.1, -0.05) is 47.5 Å². The number of anilines is 1. The minimum atomic E-state index is -0.981. The number of hydrogen-bond donors (Lipinski definition) is 2. The molecule has 248 valence electrons. The van der Waals surface area contributed by atoms with Gasteiger partial charge in [-0.05, 0) is 81.1 Å². The van der Waals surface area contributed by atoms with Crippen molar-refractivity contribution in [3.63, 3.8) is 0 Å². The van der Waals surface area contributed by atoms with E-state index in [-0.39, 0.29) is 30.2 Å². The number of nitrogens with one attached hydrogen (secondary N) is 2. The van der Waals surface area contributed by atoms with E-state index in [9.17, 15) is 14.4 Å². The summed E-state index contributed by atoms with van der Waals surface area (Å²) >= 11 is 12.4. The van der Waals surface area contributed by atoms with Gasteiger partial charge in [0, 0.05) is 64.0 Å². The molecule has 0 aromatic heterocycles. The van der Waals surface area contributed by atoms with Gasteiger partial charge in [-0.15, -0.1) is 0 Å². The molecule has 3 saturated heterocycles. The molecule has 0 spiro atoms. The van der Waals surface area contributed by atoms with Gasteiger partial charge in [0.05, 0.1) is 16.1 Å². The Labute approximate surface area is 281 Å². The lowest BCUT2D eigenvalue weighted by Crippen LogP contribution is -2.56. The number of carbonyl (C=O) groups is 3. The van der Waals surface area contributed by atoms with Gasteiger partial charge < -0.3 is 30.1 Å². The van der Waals surface area contributed by atoms with Crippen molar-refractivity contribution in [2.45, 2.75) is 56.8 Å². The Morgan fingerprint density at radius 2 is 1.61 bits per heavy atom. The molecule has 0 radical (unpaired) electrons. The Hall–Kier alpha value is -2.89. The number of amides is 3. The molecule has 0 bridgehead atoms. The van der Waals surface area contributed by atoms with Gasteiger partial charge in [-0.2, -0.15) is 0 Å². The maximum absolute atomic E-state index is 13.9. The first-order valence-electron chi connectivity index (χ1n) is 16.5. The molecule has 2 aromatic rings. The predicted octanol–water partition coefficient (Wildman–Crippen LogP) is 4.10. The highest BCUT2D eigenvalue weighted by atomic mass is 35.5. The smallest absolute Gasteiger partial charge is 0.410 e. The molecule has 1 unspecified atom stereocenters. The summed E-state index contributed by atoms with van der Waals surface area (Å²) in [5, 5.41) is 7.30. The lowest BCUT2D eigenvalue weighted by atomic mass is 9.89. The molecule has 2 atom stereocenters. The van der Waals surface area contributed by atoms with Crippen LogP contribution in [-0.4, -0.2) is 115 Å². The fraction of sp³-hybridized carbons (Fsp3) is 0.559. The van der Waals surface area contributed by atoms with Crippen LogP contribution in [0, 0.1) is 5.92 Å². The number of halogens is 2.